The zero-order valence-electron chi connectivity index (χ0n) is 12.1. The molecule has 0 spiro atoms. The SMILES string of the molecule is Cc1ccc(N(C)C(=O)C2COCCN2)c(C)c1C. The average molecular weight is 262 g/mol. The van der Waals surface area contributed by atoms with E-state index in [-0.39, 0.29) is 11.9 Å². The third-order valence-electron chi connectivity index (χ3n) is 3.94. The maximum Gasteiger partial charge on any atom is 0.246 e. The van der Waals surface area contributed by atoms with Crippen LogP contribution in [0, 0.1) is 20.8 Å². The molecule has 1 aromatic rings. The van der Waals surface area contributed by atoms with Gasteiger partial charge in [0.25, 0.3) is 0 Å². The number of likely N-dealkylation sites (N-methyl/N-ethyl adjacent to an activating group) is 1. The second-order valence-electron chi connectivity index (χ2n) is 5.13. The largest absolute Gasteiger partial charge is 0.378 e. The highest BCUT2D eigenvalue weighted by Crippen LogP contribution is 2.25. The van der Waals surface area contributed by atoms with E-state index < -0.39 is 0 Å². The first kappa shape index (κ1) is 14.0. The molecule has 2 rings (SSSR count). The molecular formula is C15H22N2O2. The Labute approximate surface area is 114 Å². The van der Waals surface area contributed by atoms with Crippen molar-refractivity contribution in [2.75, 3.05) is 31.7 Å². The van der Waals surface area contributed by atoms with E-state index >= 15 is 0 Å². The Bertz CT molecular complexity index is 479. The first-order valence-corrected chi connectivity index (χ1v) is 6.68. The fourth-order valence-electron chi connectivity index (χ4n) is 2.38. The van der Waals surface area contributed by atoms with Gasteiger partial charge in [0, 0.05) is 19.3 Å². The maximum absolute atomic E-state index is 12.4. The predicted octanol–water partition coefficient (Wildman–Crippen LogP) is 1.56. The van der Waals surface area contributed by atoms with Crippen LogP contribution in [0.1, 0.15) is 16.7 Å². The summed E-state index contributed by atoms with van der Waals surface area (Å²) in [5.74, 6) is 0.0612. The summed E-state index contributed by atoms with van der Waals surface area (Å²) in [5.41, 5.74) is 4.62. The minimum absolute atomic E-state index is 0.0612. The van der Waals surface area contributed by atoms with Crippen LogP contribution in [0.3, 0.4) is 0 Å². The lowest BCUT2D eigenvalue weighted by molar-refractivity contribution is -0.123. The fraction of sp³-hybridized carbons (Fsp3) is 0.533. The highest BCUT2D eigenvalue weighted by molar-refractivity contribution is 5.97. The minimum Gasteiger partial charge on any atom is -0.378 e. The number of carbonyl (C=O) groups is 1. The Morgan fingerprint density at radius 2 is 2.05 bits per heavy atom. The fourth-order valence-corrected chi connectivity index (χ4v) is 2.38. The van der Waals surface area contributed by atoms with Crippen LogP contribution in [0.15, 0.2) is 12.1 Å². The molecule has 1 aromatic carbocycles. The van der Waals surface area contributed by atoms with Crippen molar-refractivity contribution in [1.29, 1.82) is 0 Å². The molecule has 1 N–H and O–H groups in total. The van der Waals surface area contributed by atoms with E-state index in [9.17, 15) is 4.79 Å². The molecule has 0 saturated carbocycles. The van der Waals surface area contributed by atoms with Crippen LogP contribution in [-0.2, 0) is 9.53 Å². The average Bonchev–Trinajstić information content (AvgIpc) is 2.44. The first-order chi connectivity index (χ1) is 9.02. The molecule has 1 aliphatic rings. The molecule has 19 heavy (non-hydrogen) atoms. The molecule has 1 fully saturated rings. The summed E-state index contributed by atoms with van der Waals surface area (Å²) in [6.07, 6.45) is 0. The quantitative estimate of drug-likeness (QED) is 0.879. The van der Waals surface area contributed by atoms with Crippen LogP contribution in [0.2, 0.25) is 0 Å². The van der Waals surface area contributed by atoms with Crippen LogP contribution >= 0.6 is 0 Å². The molecule has 0 radical (unpaired) electrons. The van der Waals surface area contributed by atoms with Gasteiger partial charge in [-0.2, -0.15) is 0 Å². The van der Waals surface area contributed by atoms with Gasteiger partial charge >= 0.3 is 0 Å². The van der Waals surface area contributed by atoms with Crippen molar-refractivity contribution in [3.8, 4) is 0 Å². The molecule has 1 amide bonds. The number of carbonyl (C=O) groups excluding carboxylic acids is 1. The second-order valence-corrected chi connectivity index (χ2v) is 5.13. The van der Waals surface area contributed by atoms with Crippen LogP contribution in [-0.4, -0.2) is 38.8 Å². The van der Waals surface area contributed by atoms with E-state index in [0.717, 1.165) is 17.8 Å². The van der Waals surface area contributed by atoms with Crippen molar-refractivity contribution >= 4 is 11.6 Å². The number of nitrogens with zero attached hydrogens (tertiary/aromatic N) is 1. The number of morpholine rings is 1. The number of ether oxygens (including phenoxy) is 1. The van der Waals surface area contributed by atoms with Gasteiger partial charge in [0.1, 0.15) is 6.04 Å². The summed E-state index contributed by atoms with van der Waals surface area (Å²) in [7, 11) is 1.83. The van der Waals surface area contributed by atoms with Gasteiger partial charge in [0.15, 0.2) is 0 Å². The standard InChI is InChI=1S/C15H22N2O2/c1-10-5-6-14(12(3)11(10)2)17(4)15(18)13-9-19-8-7-16-13/h5-6,13,16H,7-9H2,1-4H3. The zero-order valence-corrected chi connectivity index (χ0v) is 12.1. The highest BCUT2D eigenvalue weighted by Gasteiger charge is 2.25. The summed E-state index contributed by atoms with van der Waals surface area (Å²) in [6, 6.07) is 3.84. The maximum atomic E-state index is 12.4. The van der Waals surface area contributed by atoms with Crippen molar-refractivity contribution in [2.45, 2.75) is 26.8 Å². The normalized spacial score (nSPS) is 19.3. The zero-order chi connectivity index (χ0) is 14.0. The number of hydrogen-bond donors (Lipinski definition) is 1. The Kier molecular flexibility index (Phi) is 4.22. The topological polar surface area (TPSA) is 41.6 Å². The Morgan fingerprint density at radius 3 is 2.68 bits per heavy atom. The molecule has 0 bridgehead atoms. The Hall–Kier alpha value is -1.39. The summed E-state index contributed by atoms with van der Waals surface area (Å²) in [5, 5.41) is 3.20. The smallest absolute Gasteiger partial charge is 0.246 e. The molecule has 1 heterocycles. The lowest BCUT2D eigenvalue weighted by Crippen LogP contribution is -2.51. The third-order valence-corrected chi connectivity index (χ3v) is 3.94. The number of benzene rings is 1. The van der Waals surface area contributed by atoms with Crippen molar-refractivity contribution < 1.29 is 9.53 Å². The second kappa shape index (κ2) is 5.72. The molecule has 1 unspecified atom stereocenters. The molecule has 1 saturated heterocycles. The van der Waals surface area contributed by atoms with Crippen molar-refractivity contribution in [1.82, 2.24) is 5.32 Å². The number of rotatable bonds is 2. The monoisotopic (exact) mass is 262 g/mol. The van der Waals surface area contributed by atoms with Crippen LogP contribution < -0.4 is 10.2 Å². The molecule has 1 atom stereocenters. The van der Waals surface area contributed by atoms with E-state index in [4.69, 9.17) is 4.74 Å². The first-order valence-electron chi connectivity index (χ1n) is 6.68. The van der Waals surface area contributed by atoms with Gasteiger partial charge in [-0.25, -0.2) is 0 Å². The number of nitrogens with one attached hydrogen (secondary N) is 1. The Balaban J connectivity index is 2.21. The van der Waals surface area contributed by atoms with Gasteiger partial charge in [0.2, 0.25) is 5.91 Å². The third kappa shape index (κ3) is 2.80. The van der Waals surface area contributed by atoms with Gasteiger partial charge in [-0.3, -0.25) is 4.79 Å². The number of amides is 1. The number of hydrogen-bond acceptors (Lipinski definition) is 3. The lowest BCUT2D eigenvalue weighted by atomic mass is 10.0. The van der Waals surface area contributed by atoms with Crippen molar-refractivity contribution in [3.63, 3.8) is 0 Å². The molecule has 0 aliphatic carbocycles. The van der Waals surface area contributed by atoms with Gasteiger partial charge in [-0.15, -0.1) is 0 Å². The summed E-state index contributed by atoms with van der Waals surface area (Å²) >= 11 is 0. The van der Waals surface area contributed by atoms with E-state index in [1.807, 2.05) is 13.1 Å². The van der Waals surface area contributed by atoms with Gasteiger partial charge < -0.3 is 15.0 Å². The lowest BCUT2D eigenvalue weighted by Gasteiger charge is -2.29. The number of anilines is 1. The van der Waals surface area contributed by atoms with Gasteiger partial charge in [0.05, 0.1) is 13.2 Å². The summed E-state index contributed by atoms with van der Waals surface area (Å²) < 4.78 is 5.35. The molecule has 0 aromatic heterocycles. The number of aryl methyl sites for hydroxylation is 1. The summed E-state index contributed by atoms with van der Waals surface area (Å²) in [4.78, 5) is 14.2. The highest BCUT2D eigenvalue weighted by atomic mass is 16.5. The van der Waals surface area contributed by atoms with E-state index in [1.54, 1.807) is 4.90 Å². The molecule has 4 nitrogen and oxygen atoms in total. The molecule has 104 valence electrons. The minimum atomic E-state index is -0.236. The molecule has 1 aliphatic heterocycles. The Morgan fingerprint density at radius 1 is 1.32 bits per heavy atom. The van der Waals surface area contributed by atoms with Crippen molar-refractivity contribution in [3.05, 3.63) is 28.8 Å². The van der Waals surface area contributed by atoms with E-state index in [0.29, 0.717) is 13.2 Å². The van der Waals surface area contributed by atoms with Crippen molar-refractivity contribution in [2.24, 2.45) is 0 Å². The van der Waals surface area contributed by atoms with Gasteiger partial charge in [-0.05, 0) is 43.5 Å². The molecule has 4 heteroatoms. The van der Waals surface area contributed by atoms with E-state index in [1.165, 1.54) is 11.1 Å². The molecular weight excluding hydrogens is 240 g/mol. The van der Waals surface area contributed by atoms with E-state index in [2.05, 4.69) is 32.2 Å². The van der Waals surface area contributed by atoms with Crippen LogP contribution in [0.5, 0.6) is 0 Å². The van der Waals surface area contributed by atoms with Crippen LogP contribution in [0.4, 0.5) is 5.69 Å². The van der Waals surface area contributed by atoms with Gasteiger partial charge in [-0.1, -0.05) is 6.07 Å². The van der Waals surface area contributed by atoms with Crippen LogP contribution in [0.25, 0.3) is 0 Å². The predicted molar refractivity (Wildman–Crippen MR) is 76.7 cm³/mol. The summed E-state index contributed by atoms with van der Waals surface area (Å²) in [6.45, 7) is 8.10.